The number of nitrogens with zero attached hydrogens (tertiary/aromatic N) is 2. The molecule has 2 saturated heterocycles. The van der Waals surface area contributed by atoms with Gasteiger partial charge in [0.2, 0.25) is 4.38 Å². The van der Waals surface area contributed by atoms with Gasteiger partial charge < -0.3 is 14.2 Å². The number of thioether (sulfide) groups is 1. The van der Waals surface area contributed by atoms with Crippen LogP contribution in [0.5, 0.6) is 0 Å². The van der Waals surface area contributed by atoms with Crippen molar-refractivity contribution < 1.29 is 14.2 Å². The van der Waals surface area contributed by atoms with Crippen LogP contribution >= 0.6 is 24.0 Å². The number of hydrogen-bond donors (Lipinski definition) is 0. The van der Waals surface area contributed by atoms with Crippen molar-refractivity contribution in [3.63, 3.8) is 0 Å². The van der Waals surface area contributed by atoms with E-state index < -0.39 is 5.79 Å². The van der Waals surface area contributed by atoms with Gasteiger partial charge in [-0.3, -0.25) is 5.01 Å². The number of allylic oxidation sites excluding steroid dienone is 1. The predicted octanol–water partition coefficient (Wildman–Crippen LogP) is 7.71. The molecule has 208 valence electrons. The molecule has 3 aliphatic rings. The molecule has 3 fully saturated rings. The van der Waals surface area contributed by atoms with Crippen LogP contribution in [-0.4, -0.2) is 46.5 Å². The first-order chi connectivity index (χ1) is 18.9. The fourth-order valence-corrected chi connectivity index (χ4v) is 6.77. The van der Waals surface area contributed by atoms with Gasteiger partial charge in [0.05, 0.1) is 25.3 Å². The zero-order valence-corrected chi connectivity index (χ0v) is 24.9. The maximum Gasteiger partial charge on any atom is 0.219 e. The Morgan fingerprint density at radius 3 is 2.26 bits per heavy atom. The quantitative estimate of drug-likeness (QED) is 0.177. The van der Waals surface area contributed by atoms with Gasteiger partial charge in [-0.2, -0.15) is 5.10 Å². The van der Waals surface area contributed by atoms with Crippen LogP contribution in [0, 0.1) is 11.3 Å². The van der Waals surface area contributed by atoms with Crippen LogP contribution in [0.4, 0.5) is 0 Å². The Bertz CT molecular complexity index is 1120. The highest BCUT2D eigenvalue weighted by molar-refractivity contribution is 8.22. The molecule has 7 heteroatoms. The second-order valence-corrected chi connectivity index (χ2v) is 12.7. The number of rotatable bonds is 9. The Morgan fingerprint density at radius 1 is 1.13 bits per heavy atom. The summed E-state index contributed by atoms with van der Waals surface area (Å²) in [5.41, 5.74) is 3.52. The molecule has 2 aromatic rings. The highest BCUT2D eigenvalue weighted by atomic mass is 32.2. The number of hydrazone groups is 1. The third-order valence-electron chi connectivity index (χ3n) is 8.59. The van der Waals surface area contributed by atoms with Gasteiger partial charge in [-0.15, -0.1) is 6.58 Å². The van der Waals surface area contributed by atoms with Crippen molar-refractivity contribution in [3.05, 3.63) is 84.4 Å². The van der Waals surface area contributed by atoms with Gasteiger partial charge in [-0.25, -0.2) is 0 Å². The van der Waals surface area contributed by atoms with Crippen LogP contribution in [0.3, 0.4) is 0 Å². The molecule has 1 spiro atoms. The standard InChI is InChI=1S/C32H40N2O3S2/c1-5-6-17-27(37-30(38)39-4)31(2,3)26-22-25(18-19-32(26)35-20-21-36-32)33-34-28(23-13-9-7-10-14-23)29(34)24-15-11-8-12-16-24/h5,7-16,26-29H,1,6,17-22H2,2-4H3/b33-25-/t26?,27?,28-,29-/m1/s1. The van der Waals surface area contributed by atoms with E-state index in [9.17, 15) is 0 Å². The van der Waals surface area contributed by atoms with E-state index in [1.807, 2.05) is 12.3 Å². The lowest BCUT2D eigenvalue weighted by atomic mass is 9.63. The normalized spacial score (nSPS) is 26.0. The Hall–Kier alpha value is -2.19. The van der Waals surface area contributed by atoms with Crippen LogP contribution in [0.25, 0.3) is 0 Å². The van der Waals surface area contributed by atoms with Crippen molar-refractivity contribution in [2.45, 2.75) is 69.9 Å². The van der Waals surface area contributed by atoms with Gasteiger partial charge in [0.1, 0.15) is 6.10 Å². The van der Waals surface area contributed by atoms with Crippen LogP contribution in [0.1, 0.15) is 69.2 Å². The summed E-state index contributed by atoms with van der Waals surface area (Å²) in [4.78, 5) is 0. The molecule has 2 aromatic carbocycles. The van der Waals surface area contributed by atoms with E-state index in [1.165, 1.54) is 28.6 Å². The predicted molar refractivity (Wildman–Crippen MR) is 164 cm³/mol. The maximum absolute atomic E-state index is 6.41. The number of hydrogen-bond acceptors (Lipinski definition) is 7. The number of thiocarbonyl (C=S) groups is 1. The molecule has 2 heterocycles. The zero-order valence-electron chi connectivity index (χ0n) is 23.3. The smallest absolute Gasteiger partial charge is 0.219 e. The summed E-state index contributed by atoms with van der Waals surface area (Å²) in [7, 11) is 0. The lowest BCUT2D eigenvalue weighted by Crippen LogP contribution is -2.54. The van der Waals surface area contributed by atoms with Crippen molar-refractivity contribution in [1.29, 1.82) is 0 Å². The average Bonchev–Trinajstić information content (AvgIpc) is 3.48. The highest BCUT2D eigenvalue weighted by Gasteiger charge is 2.57. The maximum atomic E-state index is 6.41. The van der Waals surface area contributed by atoms with Gasteiger partial charge in [0, 0.05) is 23.5 Å². The Labute approximate surface area is 243 Å². The summed E-state index contributed by atoms with van der Waals surface area (Å²) in [5.74, 6) is -0.541. The molecule has 0 radical (unpaired) electrons. The lowest BCUT2D eigenvalue weighted by Gasteiger charge is -2.50. The molecule has 4 atom stereocenters. The summed E-state index contributed by atoms with van der Waals surface area (Å²) in [6.45, 7) is 9.75. The second-order valence-electron chi connectivity index (χ2n) is 11.3. The summed E-state index contributed by atoms with van der Waals surface area (Å²) in [6, 6.07) is 21.9. The third-order valence-corrected chi connectivity index (χ3v) is 9.62. The molecule has 0 N–H and O–H groups in total. The monoisotopic (exact) mass is 564 g/mol. The minimum absolute atomic E-state index is 0.0739. The SMILES string of the molecule is C=CCCC(OC(=S)SC)C(C)(C)C1C/C(=N\N2[C@H](c3ccccc3)[C@H]2c2ccccc2)CCC12OCCO2. The van der Waals surface area contributed by atoms with E-state index in [0.717, 1.165) is 32.1 Å². The van der Waals surface area contributed by atoms with Gasteiger partial charge in [0.15, 0.2) is 5.79 Å². The fraction of sp³-hybridized carbons (Fsp3) is 0.500. The average molecular weight is 565 g/mol. The summed E-state index contributed by atoms with van der Waals surface area (Å²) < 4.78 is 19.8. The van der Waals surface area contributed by atoms with Crippen LogP contribution in [-0.2, 0) is 14.2 Å². The van der Waals surface area contributed by atoms with E-state index in [4.69, 9.17) is 31.5 Å². The van der Waals surface area contributed by atoms with E-state index in [0.29, 0.717) is 17.6 Å². The Balaban J connectivity index is 1.45. The molecule has 0 bridgehead atoms. The number of ether oxygens (including phenoxy) is 3. The van der Waals surface area contributed by atoms with Crippen molar-refractivity contribution in [3.8, 4) is 0 Å². The minimum Gasteiger partial charge on any atom is -0.475 e. The van der Waals surface area contributed by atoms with Gasteiger partial charge in [-0.05, 0) is 55.3 Å². The molecule has 2 aliphatic heterocycles. The van der Waals surface area contributed by atoms with E-state index in [1.54, 1.807) is 0 Å². The van der Waals surface area contributed by atoms with Crippen LogP contribution < -0.4 is 0 Å². The molecule has 0 aromatic heterocycles. The Morgan fingerprint density at radius 2 is 1.72 bits per heavy atom. The molecular weight excluding hydrogens is 524 g/mol. The van der Waals surface area contributed by atoms with E-state index >= 15 is 0 Å². The van der Waals surface area contributed by atoms with Crippen molar-refractivity contribution in [2.75, 3.05) is 19.5 Å². The summed E-state index contributed by atoms with van der Waals surface area (Å²) in [6.07, 6.45) is 7.98. The molecule has 1 saturated carbocycles. The van der Waals surface area contributed by atoms with Crippen LogP contribution in [0.2, 0.25) is 0 Å². The van der Waals surface area contributed by atoms with Crippen molar-refractivity contribution >= 4 is 34.1 Å². The molecule has 5 nitrogen and oxygen atoms in total. The molecule has 39 heavy (non-hydrogen) atoms. The zero-order chi connectivity index (χ0) is 27.5. The lowest BCUT2D eigenvalue weighted by molar-refractivity contribution is -0.235. The highest BCUT2D eigenvalue weighted by Crippen LogP contribution is 2.56. The van der Waals surface area contributed by atoms with Crippen molar-refractivity contribution in [1.82, 2.24) is 5.01 Å². The summed E-state index contributed by atoms with van der Waals surface area (Å²) in [5, 5.41) is 7.62. The molecule has 1 aliphatic carbocycles. The van der Waals surface area contributed by atoms with Gasteiger partial charge in [0.25, 0.3) is 0 Å². The molecule has 2 unspecified atom stereocenters. The molecular formula is C32H40N2O3S2. The first-order valence-electron chi connectivity index (χ1n) is 14.0. The largest absolute Gasteiger partial charge is 0.475 e. The topological polar surface area (TPSA) is 43.1 Å². The fourth-order valence-electron chi connectivity index (χ4n) is 6.44. The molecule has 5 rings (SSSR count). The third kappa shape index (κ3) is 5.97. The first kappa shape index (κ1) is 28.3. The minimum atomic E-state index is -0.615. The summed E-state index contributed by atoms with van der Waals surface area (Å²) >= 11 is 6.98. The van der Waals surface area contributed by atoms with Gasteiger partial charge in [-0.1, -0.05) is 92.3 Å². The van der Waals surface area contributed by atoms with E-state index in [2.05, 4.69) is 86.1 Å². The van der Waals surface area contributed by atoms with Crippen LogP contribution in [0.15, 0.2) is 78.4 Å². The molecule has 0 amide bonds. The van der Waals surface area contributed by atoms with Crippen molar-refractivity contribution in [2.24, 2.45) is 16.4 Å². The van der Waals surface area contributed by atoms with E-state index in [-0.39, 0.29) is 29.5 Å². The van der Waals surface area contributed by atoms with Gasteiger partial charge >= 0.3 is 0 Å². The number of benzene rings is 2. The second kappa shape index (κ2) is 12.1. The Kier molecular flexibility index (Phi) is 8.82. The first-order valence-corrected chi connectivity index (χ1v) is 15.6.